The lowest BCUT2D eigenvalue weighted by Gasteiger charge is -2.01. The van der Waals surface area contributed by atoms with E-state index in [2.05, 4.69) is 15.3 Å². The Bertz CT molecular complexity index is 756. The number of thiazole rings is 1. The number of benzene rings is 1. The van der Waals surface area contributed by atoms with Gasteiger partial charge in [0.1, 0.15) is 5.69 Å². The van der Waals surface area contributed by atoms with Crippen LogP contribution < -0.4 is 5.32 Å². The summed E-state index contributed by atoms with van der Waals surface area (Å²) in [5.74, 6) is 0. The fraction of sp³-hybridized carbons (Fsp3) is 0. The number of nitro groups is 1. The van der Waals surface area contributed by atoms with E-state index < -0.39 is 4.92 Å². The minimum Gasteiger partial charge on any atom is -0.332 e. The van der Waals surface area contributed by atoms with Gasteiger partial charge in [0.15, 0.2) is 5.13 Å². The van der Waals surface area contributed by atoms with Crippen molar-refractivity contribution >= 4 is 27.8 Å². The Morgan fingerprint density at radius 1 is 1.10 bits per heavy atom. The van der Waals surface area contributed by atoms with Gasteiger partial charge in [0, 0.05) is 29.4 Å². The third-order valence-corrected chi connectivity index (χ3v) is 3.52. The highest BCUT2D eigenvalue weighted by molar-refractivity contribution is 7.14. The third-order valence-electron chi connectivity index (χ3n) is 2.76. The zero-order chi connectivity index (χ0) is 14.7. The normalized spacial score (nSPS) is 10.3. The molecule has 6 nitrogen and oxygen atoms in total. The lowest BCUT2D eigenvalue weighted by Crippen LogP contribution is -1.91. The molecule has 0 bridgehead atoms. The van der Waals surface area contributed by atoms with Crippen molar-refractivity contribution in [3.63, 3.8) is 0 Å². The zero-order valence-electron chi connectivity index (χ0n) is 10.8. The maximum Gasteiger partial charge on any atom is 0.269 e. The van der Waals surface area contributed by atoms with Crippen LogP contribution in [0.3, 0.4) is 0 Å². The largest absolute Gasteiger partial charge is 0.332 e. The SMILES string of the molecule is O=[N+]([O-])c1ccc(Nc2nc(-c3ccccn3)cs2)cc1. The summed E-state index contributed by atoms with van der Waals surface area (Å²) in [5, 5.41) is 16.3. The van der Waals surface area contributed by atoms with Crippen LogP contribution in [0.1, 0.15) is 0 Å². The van der Waals surface area contributed by atoms with Crippen LogP contribution >= 0.6 is 11.3 Å². The number of nitrogens with one attached hydrogen (secondary N) is 1. The fourth-order valence-electron chi connectivity index (χ4n) is 1.75. The first-order valence-corrected chi connectivity index (χ1v) is 6.99. The fourth-order valence-corrected chi connectivity index (χ4v) is 2.48. The molecule has 0 spiro atoms. The third kappa shape index (κ3) is 3.03. The van der Waals surface area contributed by atoms with Crippen molar-refractivity contribution in [3.8, 4) is 11.4 Å². The second-order valence-electron chi connectivity index (χ2n) is 4.18. The summed E-state index contributed by atoms with van der Waals surface area (Å²) in [7, 11) is 0. The standard InChI is InChI=1S/C14H10N4O2S/c19-18(20)11-6-4-10(5-7-11)16-14-17-13(9-21-14)12-3-1-2-8-15-12/h1-9H,(H,16,17). The molecular weight excluding hydrogens is 288 g/mol. The molecule has 3 rings (SSSR count). The Balaban J connectivity index is 1.77. The van der Waals surface area contributed by atoms with Crippen molar-refractivity contribution < 1.29 is 4.92 Å². The van der Waals surface area contributed by atoms with Crippen molar-refractivity contribution in [1.29, 1.82) is 0 Å². The number of hydrogen-bond donors (Lipinski definition) is 1. The number of non-ortho nitro benzene ring substituents is 1. The molecule has 0 unspecified atom stereocenters. The molecule has 7 heteroatoms. The quantitative estimate of drug-likeness (QED) is 0.584. The molecule has 3 aromatic rings. The van der Waals surface area contributed by atoms with Crippen LogP contribution in [0.15, 0.2) is 54.0 Å². The molecule has 0 aliphatic heterocycles. The molecule has 104 valence electrons. The monoisotopic (exact) mass is 298 g/mol. The van der Waals surface area contributed by atoms with Gasteiger partial charge in [0.05, 0.1) is 10.6 Å². The van der Waals surface area contributed by atoms with Crippen LogP contribution in [-0.2, 0) is 0 Å². The van der Waals surface area contributed by atoms with Gasteiger partial charge in [-0.1, -0.05) is 6.07 Å². The van der Waals surface area contributed by atoms with E-state index >= 15 is 0 Å². The summed E-state index contributed by atoms with van der Waals surface area (Å²) in [5.41, 5.74) is 2.42. The van der Waals surface area contributed by atoms with Crippen molar-refractivity contribution in [2.75, 3.05) is 5.32 Å². The lowest BCUT2D eigenvalue weighted by atomic mass is 10.3. The van der Waals surface area contributed by atoms with E-state index in [1.807, 2.05) is 23.6 Å². The highest BCUT2D eigenvalue weighted by atomic mass is 32.1. The second-order valence-corrected chi connectivity index (χ2v) is 5.04. The van der Waals surface area contributed by atoms with Gasteiger partial charge < -0.3 is 5.32 Å². The molecule has 0 atom stereocenters. The summed E-state index contributed by atoms with van der Waals surface area (Å²) in [6, 6.07) is 11.9. The molecule has 0 fully saturated rings. The van der Waals surface area contributed by atoms with E-state index in [4.69, 9.17) is 0 Å². The number of pyridine rings is 1. The van der Waals surface area contributed by atoms with Gasteiger partial charge in [0.25, 0.3) is 5.69 Å². The average Bonchev–Trinajstić information content (AvgIpc) is 2.97. The summed E-state index contributed by atoms with van der Waals surface area (Å²) in [6.45, 7) is 0. The van der Waals surface area contributed by atoms with Gasteiger partial charge in [0.2, 0.25) is 0 Å². The second kappa shape index (κ2) is 5.68. The molecule has 0 amide bonds. The van der Waals surface area contributed by atoms with E-state index in [-0.39, 0.29) is 5.69 Å². The van der Waals surface area contributed by atoms with Crippen LogP contribution in [0.25, 0.3) is 11.4 Å². The molecule has 0 radical (unpaired) electrons. The zero-order valence-corrected chi connectivity index (χ0v) is 11.6. The number of aromatic nitrogens is 2. The number of nitro benzene ring substituents is 1. The van der Waals surface area contributed by atoms with Gasteiger partial charge in [-0.3, -0.25) is 15.1 Å². The number of anilines is 2. The number of nitrogens with zero attached hydrogens (tertiary/aromatic N) is 3. The summed E-state index contributed by atoms with van der Waals surface area (Å²) >= 11 is 1.45. The van der Waals surface area contributed by atoms with Crippen molar-refractivity contribution in [3.05, 3.63) is 64.2 Å². The van der Waals surface area contributed by atoms with E-state index in [9.17, 15) is 10.1 Å². The van der Waals surface area contributed by atoms with Crippen LogP contribution in [-0.4, -0.2) is 14.9 Å². The Labute approximate surface area is 124 Å². The summed E-state index contributed by atoms with van der Waals surface area (Å²) in [4.78, 5) is 18.9. The average molecular weight is 298 g/mol. The predicted octanol–water partition coefficient (Wildman–Crippen LogP) is 3.86. The highest BCUT2D eigenvalue weighted by Crippen LogP contribution is 2.26. The van der Waals surface area contributed by atoms with E-state index in [1.54, 1.807) is 18.3 Å². The first kappa shape index (κ1) is 13.2. The van der Waals surface area contributed by atoms with Crippen molar-refractivity contribution in [2.24, 2.45) is 0 Å². The Morgan fingerprint density at radius 3 is 2.57 bits per heavy atom. The highest BCUT2D eigenvalue weighted by Gasteiger charge is 2.07. The van der Waals surface area contributed by atoms with E-state index in [0.717, 1.165) is 17.1 Å². The molecule has 1 N–H and O–H groups in total. The first-order chi connectivity index (χ1) is 10.2. The molecule has 1 aromatic carbocycles. The molecule has 0 saturated carbocycles. The van der Waals surface area contributed by atoms with Gasteiger partial charge in [-0.2, -0.15) is 0 Å². The van der Waals surface area contributed by atoms with Crippen LogP contribution in [0, 0.1) is 10.1 Å². The Hall–Kier alpha value is -2.80. The maximum absolute atomic E-state index is 10.6. The molecule has 0 aliphatic rings. The molecule has 0 aliphatic carbocycles. The minimum atomic E-state index is -0.424. The summed E-state index contributed by atoms with van der Waals surface area (Å²) in [6.07, 6.45) is 1.72. The number of rotatable bonds is 4. The molecule has 0 saturated heterocycles. The smallest absolute Gasteiger partial charge is 0.269 e. The van der Waals surface area contributed by atoms with Gasteiger partial charge in [-0.25, -0.2) is 4.98 Å². The minimum absolute atomic E-state index is 0.0638. The molecule has 2 heterocycles. The summed E-state index contributed by atoms with van der Waals surface area (Å²) < 4.78 is 0. The van der Waals surface area contributed by atoms with Gasteiger partial charge >= 0.3 is 0 Å². The molecule has 21 heavy (non-hydrogen) atoms. The van der Waals surface area contributed by atoms with E-state index in [0.29, 0.717) is 5.13 Å². The van der Waals surface area contributed by atoms with Gasteiger partial charge in [-0.15, -0.1) is 11.3 Å². The predicted molar refractivity (Wildman–Crippen MR) is 81.7 cm³/mol. The topological polar surface area (TPSA) is 81.0 Å². The van der Waals surface area contributed by atoms with Gasteiger partial charge in [-0.05, 0) is 24.3 Å². The van der Waals surface area contributed by atoms with Crippen LogP contribution in [0.5, 0.6) is 0 Å². The molecular formula is C14H10N4O2S. The van der Waals surface area contributed by atoms with E-state index in [1.165, 1.54) is 23.5 Å². The number of hydrogen-bond acceptors (Lipinski definition) is 6. The van der Waals surface area contributed by atoms with Crippen LogP contribution in [0.4, 0.5) is 16.5 Å². The molecule has 2 aromatic heterocycles. The Morgan fingerprint density at radius 2 is 1.90 bits per heavy atom. The lowest BCUT2D eigenvalue weighted by molar-refractivity contribution is -0.384. The van der Waals surface area contributed by atoms with Crippen molar-refractivity contribution in [2.45, 2.75) is 0 Å². The van der Waals surface area contributed by atoms with Crippen LogP contribution in [0.2, 0.25) is 0 Å². The first-order valence-electron chi connectivity index (χ1n) is 6.11. The van der Waals surface area contributed by atoms with Crippen molar-refractivity contribution in [1.82, 2.24) is 9.97 Å². The maximum atomic E-state index is 10.6. The Kier molecular flexibility index (Phi) is 3.57.